The number of rotatable bonds is 6. The molecule has 222 valence electrons. The Labute approximate surface area is 248 Å². The fraction of sp³-hybridized carbons (Fsp3) is 0.424. The third kappa shape index (κ3) is 4.90. The van der Waals surface area contributed by atoms with Crippen molar-refractivity contribution < 1.29 is 23.4 Å². The molecule has 5 heterocycles. The molecule has 0 aliphatic carbocycles. The number of ether oxygens (including phenoxy) is 2. The van der Waals surface area contributed by atoms with Crippen molar-refractivity contribution in [3.05, 3.63) is 47.7 Å². The second-order valence-electron chi connectivity index (χ2n) is 11.6. The highest BCUT2D eigenvalue weighted by atomic mass is 19.1. The Morgan fingerprint density at radius 2 is 1.88 bits per heavy atom. The molecule has 2 aromatic carbocycles. The van der Waals surface area contributed by atoms with Gasteiger partial charge in [0.1, 0.15) is 28.6 Å². The first-order valence-electron chi connectivity index (χ1n) is 15.0. The van der Waals surface area contributed by atoms with E-state index in [2.05, 4.69) is 25.7 Å². The molecule has 4 aromatic rings. The number of terminal acetylenes is 1. The standard InChI is InChI=1S/C33H33F2N5O3/c1-2-23-26(34)7-6-21-18-22(41)19-24(27(21)23)29-28(35)30-25(20-36-29)31(39-11-5-15-42-17-14-39)38-32(37-30)43-16-10-33-8-3-12-40(33)13-4-9-33/h1,6-7,18-20,41H,3-5,8-17H2. The molecule has 0 bridgehead atoms. The number of phenols is 1. The van der Waals surface area contributed by atoms with Crippen LogP contribution >= 0.6 is 0 Å². The number of benzene rings is 2. The molecule has 8 nitrogen and oxygen atoms in total. The fourth-order valence-corrected chi connectivity index (χ4v) is 7.19. The summed E-state index contributed by atoms with van der Waals surface area (Å²) >= 11 is 0. The van der Waals surface area contributed by atoms with Crippen LogP contribution in [0.4, 0.5) is 14.6 Å². The number of hydrogen-bond donors (Lipinski definition) is 1. The predicted molar refractivity (Wildman–Crippen MR) is 160 cm³/mol. The van der Waals surface area contributed by atoms with E-state index in [0.29, 0.717) is 54.9 Å². The molecule has 2 aromatic heterocycles. The number of aromatic nitrogens is 3. The maximum absolute atomic E-state index is 16.6. The minimum atomic E-state index is -0.729. The average molecular weight is 586 g/mol. The van der Waals surface area contributed by atoms with Crippen LogP contribution < -0.4 is 9.64 Å². The van der Waals surface area contributed by atoms with Crippen molar-refractivity contribution in [3.8, 4) is 35.4 Å². The summed E-state index contributed by atoms with van der Waals surface area (Å²) in [5, 5.41) is 11.7. The highest BCUT2D eigenvalue weighted by Gasteiger charge is 2.43. The largest absolute Gasteiger partial charge is 0.508 e. The third-order valence-corrected chi connectivity index (χ3v) is 9.23. The Morgan fingerprint density at radius 3 is 2.70 bits per heavy atom. The summed E-state index contributed by atoms with van der Waals surface area (Å²) in [5.41, 5.74) is 0.251. The van der Waals surface area contributed by atoms with E-state index in [1.807, 2.05) is 0 Å². The maximum Gasteiger partial charge on any atom is 0.319 e. The molecule has 0 unspecified atom stereocenters. The summed E-state index contributed by atoms with van der Waals surface area (Å²) in [6.07, 6.45) is 13.6. The van der Waals surface area contributed by atoms with E-state index < -0.39 is 11.6 Å². The van der Waals surface area contributed by atoms with Gasteiger partial charge in [-0.05, 0) is 75.2 Å². The number of phenolic OH excluding ortho intramolecular Hbond substituents is 1. The van der Waals surface area contributed by atoms with Gasteiger partial charge >= 0.3 is 6.01 Å². The Hall–Kier alpha value is -4.07. The van der Waals surface area contributed by atoms with Crippen molar-refractivity contribution in [1.29, 1.82) is 0 Å². The van der Waals surface area contributed by atoms with Gasteiger partial charge in [0.2, 0.25) is 0 Å². The highest BCUT2D eigenvalue weighted by Crippen LogP contribution is 2.42. The summed E-state index contributed by atoms with van der Waals surface area (Å²) in [7, 11) is 0. The maximum atomic E-state index is 16.6. The Morgan fingerprint density at radius 1 is 1.05 bits per heavy atom. The highest BCUT2D eigenvalue weighted by molar-refractivity contribution is 6.03. The minimum absolute atomic E-state index is 0.0296. The molecule has 0 spiro atoms. The van der Waals surface area contributed by atoms with Crippen LogP contribution in [0.3, 0.4) is 0 Å². The van der Waals surface area contributed by atoms with Crippen LogP contribution in [0.1, 0.15) is 44.1 Å². The fourth-order valence-electron chi connectivity index (χ4n) is 7.19. The van der Waals surface area contributed by atoms with E-state index in [1.165, 1.54) is 43.3 Å². The SMILES string of the molecule is C#Cc1c(F)ccc2cc(O)cc(-c3ncc4c(N5CCCOCC5)nc(OCCC56CCCN5CCC6)nc4c3F)c12. The zero-order valence-corrected chi connectivity index (χ0v) is 23.9. The summed E-state index contributed by atoms with van der Waals surface area (Å²) in [6.45, 7) is 5.09. The van der Waals surface area contributed by atoms with Gasteiger partial charge in [0.05, 0.1) is 24.2 Å². The Balaban J connectivity index is 1.33. The van der Waals surface area contributed by atoms with E-state index >= 15 is 4.39 Å². The molecular weight excluding hydrogens is 552 g/mol. The van der Waals surface area contributed by atoms with Gasteiger partial charge in [-0.3, -0.25) is 9.88 Å². The monoisotopic (exact) mass is 585 g/mol. The number of hydrogen-bond acceptors (Lipinski definition) is 8. The Bertz CT molecular complexity index is 1740. The van der Waals surface area contributed by atoms with Crippen LogP contribution in [-0.2, 0) is 4.74 Å². The molecule has 7 rings (SSSR count). The van der Waals surface area contributed by atoms with Gasteiger partial charge in [0.15, 0.2) is 5.82 Å². The van der Waals surface area contributed by atoms with Crippen LogP contribution in [0.25, 0.3) is 32.9 Å². The quantitative estimate of drug-likeness (QED) is 0.300. The number of halogens is 2. The lowest BCUT2D eigenvalue weighted by atomic mass is 9.91. The van der Waals surface area contributed by atoms with Gasteiger partial charge in [0, 0.05) is 42.4 Å². The number of pyridine rings is 1. The van der Waals surface area contributed by atoms with Gasteiger partial charge in [-0.15, -0.1) is 6.42 Å². The molecule has 0 saturated carbocycles. The van der Waals surface area contributed by atoms with Gasteiger partial charge < -0.3 is 19.5 Å². The molecule has 0 radical (unpaired) electrons. The second-order valence-corrected chi connectivity index (χ2v) is 11.6. The molecule has 0 atom stereocenters. The van der Waals surface area contributed by atoms with Gasteiger partial charge in [-0.25, -0.2) is 8.78 Å². The normalized spacial score (nSPS) is 18.6. The summed E-state index contributed by atoms with van der Waals surface area (Å²) < 4.78 is 43.2. The lowest BCUT2D eigenvalue weighted by Crippen LogP contribution is -2.39. The topological polar surface area (TPSA) is 83.8 Å². The van der Waals surface area contributed by atoms with Crippen LogP contribution in [-0.4, -0.2) is 76.5 Å². The lowest BCUT2D eigenvalue weighted by molar-refractivity contribution is 0.146. The van der Waals surface area contributed by atoms with E-state index in [-0.39, 0.29) is 39.6 Å². The zero-order valence-electron chi connectivity index (χ0n) is 23.9. The van der Waals surface area contributed by atoms with Gasteiger partial charge in [-0.2, -0.15) is 9.97 Å². The van der Waals surface area contributed by atoms with Crippen LogP contribution in [0.15, 0.2) is 30.5 Å². The van der Waals surface area contributed by atoms with E-state index in [9.17, 15) is 9.50 Å². The molecule has 43 heavy (non-hydrogen) atoms. The number of aromatic hydroxyl groups is 1. The van der Waals surface area contributed by atoms with Crippen molar-refractivity contribution in [2.45, 2.75) is 44.1 Å². The van der Waals surface area contributed by atoms with Gasteiger partial charge in [-0.1, -0.05) is 12.0 Å². The van der Waals surface area contributed by atoms with Crippen molar-refractivity contribution >= 4 is 27.5 Å². The molecule has 0 amide bonds. The van der Waals surface area contributed by atoms with Crippen molar-refractivity contribution in [1.82, 2.24) is 19.9 Å². The molecule has 1 N–H and O–H groups in total. The molecule has 3 fully saturated rings. The van der Waals surface area contributed by atoms with Crippen molar-refractivity contribution in [2.75, 3.05) is 50.9 Å². The Kier molecular flexibility index (Phi) is 7.23. The summed E-state index contributed by atoms with van der Waals surface area (Å²) in [6, 6.07) is 5.63. The summed E-state index contributed by atoms with van der Waals surface area (Å²) in [4.78, 5) is 18.4. The molecule has 3 aliphatic heterocycles. The number of anilines is 1. The minimum Gasteiger partial charge on any atom is -0.508 e. The van der Waals surface area contributed by atoms with Crippen molar-refractivity contribution in [2.24, 2.45) is 0 Å². The smallest absolute Gasteiger partial charge is 0.319 e. The van der Waals surface area contributed by atoms with E-state index in [1.54, 1.807) is 0 Å². The first-order chi connectivity index (χ1) is 21.0. The zero-order chi connectivity index (χ0) is 29.6. The second kappa shape index (κ2) is 11.2. The van der Waals surface area contributed by atoms with Crippen LogP contribution in [0, 0.1) is 24.0 Å². The van der Waals surface area contributed by atoms with Crippen LogP contribution in [0.2, 0.25) is 0 Å². The van der Waals surface area contributed by atoms with Gasteiger partial charge in [0.25, 0.3) is 0 Å². The lowest BCUT2D eigenvalue weighted by Gasteiger charge is -2.31. The first-order valence-corrected chi connectivity index (χ1v) is 15.0. The molecule has 3 aliphatic rings. The third-order valence-electron chi connectivity index (χ3n) is 9.23. The van der Waals surface area contributed by atoms with Crippen LogP contribution in [0.5, 0.6) is 11.8 Å². The molecule has 10 heteroatoms. The van der Waals surface area contributed by atoms with E-state index in [4.69, 9.17) is 20.9 Å². The first kappa shape index (κ1) is 27.7. The average Bonchev–Trinajstić information content (AvgIpc) is 3.46. The molecular formula is C33H33F2N5O3. The van der Waals surface area contributed by atoms with E-state index in [0.717, 1.165) is 38.8 Å². The number of fused-ring (bicyclic) bond motifs is 3. The summed E-state index contributed by atoms with van der Waals surface area (Å²) in [5.74, 6) is 1.44. The number of nitrogens with zero attached hydrogens (tertiary/aromatic N) is 5. The predicted octanol–water partition coefficient (Wildman–Crippen LogP) is 5.43. The van der Waals surface area contributed by atoms with Crippen molar-refractivity contribution in [3.63, 3.8) is 0 Å². The molecule has 3 saturated heterocycles.